The molecule has 1 unspecified atom stereocenters. The Morgan fingerprint density at radius 2 is 1.72 bits per heavy atom. The molecule has 2 fully saturated rings. The predicted molar refractivity (Wildman–Crippen MR) is 224 cm³/mol. The van der Waals surface area contributed by atoms with Crippen LogP contribution >= 0.6 is 0 Å². The third-order valence-electron chi connectivity index (χ3n) is 13.3. The van der Waals surface area contributed by atoms with E-state index < -0.39 is 53.8 Å². The van der Waals surface area contributed by atoms with E-state index in [2.05, 4.69) is 22.0 Å². The summed E-state index contributed by atoms with van der Waals surface area (Å²) in [5.74, 6) is -2.34. The fourth-order valence-corrected chi connectivity index (χ4v) is 9.25. The Labute approximate surface area is 346 Å². The molecule has 3 heterocycles. The molecular formula is C44H72N6O8. The standard InChI is InChI=1S/C44H72N6O8/c1-12-28(4)38(49(8)41(53)37(27(2)3)47-43(55)44(6)20-15-22-48(44)7)35(56-9)26-36(51)50-23-14-17-34(50)39(57-10)29(5)40(52)46-33(42(54)58-11)25-30-18-19-32-31(24-30)16-13-21-45-32/h18-19,24,27-29,33-35,37-39,45H,12-17,20-23,25-26H2,1-11H3,(H,46,52)(H,47,55)/t28?,29-,33+,34+,35-,37+,38+,39-,44+/m1/s1. The van der Waals surface area contributed by atoms with Crippen molar-refractivity contribution in [3.05, 3.63) is 29.3 Å². The number of hydrogen-bond acceptors (Lipinski definition) is 10. The van der Waals surface area contributed by atoms with Crippen molar-refractivity contribution in [1.82, 2.24) is 25.3 Å². The van der Waals surface area contributed by atoms with Gasteiger partial charge in [0.1, 0.15) is 12.1 Å². The van der Waals surface area contributed by atoms with Crippen molar-refractivity contribution in [1.29, 1.82) is 0 Å². The monoisotopic (exact) mass is 813 g/mol. The second-order valence-electron chi connectivity index (χ2n) is 17.4. The van der Waals surface area contributed by atoms with Gasteiger partial charge in [-0.25, -0.2) is 4.79 Å². The Morgan fingerprint density at radius 3 is 2.33 bits per heavy atom. The molecule has 0 radical (unpaired) electrons. The number of carbonyl (C=O) groups excluding carboxylic acids is 5. The van der Waals surface area contributed by atoms with Crippen molar-refractivity contribution in [2.24, 2.45) is 17.8 Å². The van der Waals surface area contributed by atoms with Crippen LogP contribution in [0.4, 0.5) is 5.69 Å². The molecule has 58 heavy (non-hydrogen) atoms. The zero-order valence-corrected chi connectivity index (χ0v) is 37.0. The summed E-state index contributed by atoms with van der Waals surface area (Å²) in [6, 6.07) is 3.56. The highest BCUT2D eigenvalue weighted by molar-refractivity contribution is 5.92. The minimum atomic E-state index is -0.899. The molecule has 1 aromatic carbocycles. The minimum absolute atomic E-state index is 0.0128. The summed E-state index contributed by atoms with van der Waals surface area (Å²) < 4.78 is 17.1. The van der Waals surface area contributed by atoms with Crippen molar-refractivity contribution in [2.45, 2.75) is 141 Å². The number of aryl methyl sites for hydroxylation is 1. The van der Waals surface area contributed by atoms with Gasteiger partial charge in [-0.05, 0) is 88.1 Å². The summed E-state index contributed by atoms with van der Waals surface area (Å²) >= 11 is 0. The van der Waals surface area contributed by atoms with E-state index in [0.29, 0.717) is 13.0 Å². The van der Waals surface area contributed by atoms with Crippen molar-refractivity contribution >= 4 is 35.3 Å². The van der Waals surface area contributed by atoms with Crippen LogP contribution in [0.2, 0.25) is 0 Å². The third kappa shape index (κ3) is 10.7. The largest absolute Gasteiger partial charge is 0.467 e. The number of esters is 1. The molecule has 2 saturated heterocycles. The highest BCUT2D eigenvalue weighted by Crippen LogP contribution is 2.31. The smallest absolute Gasteiger partial charge is 0.328 e. The number of carbonyl (C=O) groups is 5. The van der Waals surface area contributed by atoms with Crippen LogP contribution in [-0.2, 0) is 51.0 Å². The number of nitrogens with zero attached hydrogens (tertiary/aromatic N) is 3. The number of likely N-dealkylation sites (tertiary alicyclic amines) is 2. The van der Waals surface area contributed by atoms with Crippen molar-refractivity contribution < 1.29 is 38.2 Å². The SMILES string of the molecule is CCC(C)[C@@H]([C@@H](CC(=O)N1CCC[C@H]1[C@H](OC)[C@@H](C)C(=O)N[C@@H](Cc1ccc2c(c1)CCCN2)C(=O)OC)OC)N(C)C(=O)[C@@H](NC(=O)[C@]1(C)CCCN1C)C(C)C. The van der Waals surface area contributed by atoms with Crippen molar-refractivity contribution in [3.8, 4) is 0 Å². The lowest BCUT2D eigenvalue weighted by molar-refractivity contribution is -0.149. The van der Waals surface area contributed by atoms with Crippen LogP contribution in [0.5, 0.6) is 0 Å². The lowest BCUT2D eigenvalue weighted by Gasteiger charge is -2.41. The van der Waals surface area contributed by atoms with E-state index in [1.165, 1.54) is 12.7 Å². The first-order valence-electron chi connectivity index (χ1n) is 21.4. The fourth-order valence-electron chi connectivity index (χ4n) is 9.25. The van der Waals surface area contributed by atoms with Crippen molar-refractivity contribution in [3.63, 3.8) is 0 Å². The van der Waals surface area contributed by atoms with E-state index >= 15 is 0 Å². The Kier molecular flexibility index (Phi) is 17.0. The summed E-state index contributed by atoms with van der Waals surface area (Å²) in [4.78, 5) is 74.6. The zero-order chi connectivity index (χ0) is 42.9. The van der Waals surface area contributed by atoms with Gasteiger partial charge in [0, 0.05) is 46.5 Å². The first-order valence-corrected chi connectivity index (χ1v) is 21.4. The Bertz CT molecular complexity index is 1590. The van der Waals surface area contributed by atoms with Gasteiger partial charge in [-0.1, -0.05) is 53.2 Å². The quantitative estimate of drug-likeness (QED) is 0.176. The van der Waals surface area contributed by atoms with Gasteiger partial charge in [0.25, 0.3) is 0 Å². The number of rotatable bonds is 19. The van der Waals surface area contributed by atoms with Crippen LogP contribution in [-0.4, -0.2) is 141 Å². The highest BCUT2D eigenvalue weighted by atomic mass is 16.5. The second-order valence-corrected chi connectivity index (χ2v) is 17.4. The van der Waals surface area contributed by atoms with Gasteiger partial charge < -0.3 is 40.0 Å². The number of ether oxygens (including phenoxy) is 3. The molecule has 0 aliphatic carbocycles. The van der Waals surface area contributed by atoms with Gasteiger partial charge in [-0.2, -0.15) is 0 Å². The summed E-state index contributed by atoms with van der Waals surface area (Å²) in [6.45, 7) is 13.9. The Morgan fingerprint density at radius 1 is 1.00 bits per heavy atom. The summed E-state index contributed by atoms with van der Waals surface area (Å²) in [7, 11) is 8.10. The zero-order valence-electron chi connectivity index (χ0n) is 37.0. The molecular weight excluding hydrogens is 741 g/mol. The number of anilines is 1. The maximum absolute atomic E-state index is 14.3. The molecule has 326 valence electrons. The molecule has 0 saturated carbocycles. The molecule has 1 aromatic rings. The van der Waals surface area contributed by atoms with Gasteiger partial charge in [-0.3, -0.25) is 24.1 Å². The van der Waals surface area contributed by atoms with Crippen LogP contribution < -0.4 is 16.0 Å². The molecule has 14 nitrogen and oxygen atoms in total. The van der Waals surface area contributed by atoms with Gasteiger partial charge in [-0.15, -0.1) is 0 Å². The Hall–Kier alpha value is -3.75. The highest BCUT2D eigenvalue weighted by Gasteiger charge is 2.45. The van der Waals surface area contributed by atoms with E-state index in [1.54, 1.807) is 38.0 Å². The average molecular weight is 813 g/mol. The van der Waals surface area contributed by atoms with Crippen LogP contribution in [0, 0.1) is 17.8 Å². The van der Waals surface area contributed by atoms with Crippen molar-refractivity contribution in [2.75, 3.05) is 60.4 Å². The fraction of sp³-hybridized carbons (Fsp3) is 0.750. The summed E-state index contributed by atoms with van der Waals surface area (Å²) in [6.07, 6.45) is 4.73. The van der Waals surface area contributed by atoms with E-state index in [-0.39, 0.29) is 48.3 Å². The van der Waals surface area contributed by atoms with E-state index in [1.807, 2.05) is 58.7 Å². The van der Waals surface area contributed by atoms with Gasteiger partial charge in [0.15, 0.2) is 0 Å². The van der Waals surface area contributed by atoms with Gasteiger partial charge >= 0.3 is 5.97 Å². The lowest BCUT2D eigenvalue weighted by atomic mass is 9.89. The third-order valence-corrected chi connectivity index (χ3v) is 13.3. The van der Waals surface area contributed by atoms with E-state index in [4.69, 9.17) is 14.2 Å². The number of nitrogens with one attached hydrogen (secondary N) is 3. The minimum Gasteiger partial charge on any atom is -0.467 e. The number of fused-ring (bicyclic) bond motifs is 1. The lowest BCUT2D eigenvalue weighted by Crippen LogP contribution is -2.61. The number of hydrogen-bond donors (Lipinski definition) is 3. The molecule has 4 amide bonds. The van der Waals surface area contributed by atoms with Gasteiger partial charge in [0.05, 0.1) is 49.3 Å². The second kappa shape index (κ2) is 21.0. The average Bonchev–Trinajstić information content (AvgIpc) is 3.84. The first-order chi connectivity index (χ1) is 27.5. The van der Waals surface area contributed by atoms with E-state index in [9.17, 15) is 24.0 Å². The Balaban J connectivity index is 1.47. The van der Waals surface area contributed by atoms with Crippen LogP contribution in [0.15, 0.2) is 18.2 Å². The molecule has 4 rings (SSSR count). The number of benzene rings is 1. The molecule has 0 spiro atoms. The maximum atomic E-state index is 14.3. The topological polar surface area (TPSA) is 159 Å². The summed E-state index contributed by atoms with van der Waals surface area (Å²) in [5.41, 5.74) is 2.52. The predicted octanol–water partition coefficient (Wildman–Crippen LogP) is 3.79. The number of likely N-dealkylation sites (N-methyl/N-ethyl adjacent to an activating group) is 2. The summed E-state index contributed by atoms with van der Waals surface area (Å²) in [5, 5.41) is 9.42. The molecule has 0 aromatic heterocycles. The maximum Gasteiger partial charge on any atom is 0.328 e. The molecule has 3 aliphatic rings. The number of amides is 4. The van der Waals surface area contributed by atoms with Crippen LogP contribution in [0.3, 0.4) is 0 Å². The van der Waals surface area contributed by atoms with E-state index in [0.717, 1.165) is 62.9 Å². The molecule has 3 aliphatic heterocycles. The molecule has 0 bridgehead atoms. The number of methoxy groups -OCH3 is 3. The van der Waals surface area contributed by atoms with Crippen LogP contribution in [0.25, 0.3) is 0 Å². The normalized spacial score (nSPS) is 23.1. The van der Waals surface area contributed by atoms with Crippen LogP contribution in [0.1, 0.15) is 97.6 Å². The molecule has 9 atom stereocenters. The molecule has 3 N–H and O–H groups in total. The first kappa shape index (κ1) is 46.9. The molecule has 14 heteroatoms. The van der Waals surface area contributed by atoms with Gasteiger partial charge in [0.2, 0.25) is 23.6 Å².